The zero-order chi connectivity index (χ0) is 16.2. The van der Waals surface area contributed by atoms with E-state index in [1.165, 1.54) is 11.5 Å². The van der Waals surface area contributed by atoms with Crippen LogP contribution in [0.15, 0.2) is 12.4 Å². The third-order valence-corrected chi connectivity index (χ3v) is 5.77. The molecule has 1 aromatic heterocycles. The average molecular weight is 337 g/mol. The van der Waals surface area contributed by atoms with Crippen LogP contribution in [0.25, 0.3) is 0 Å². The molecule has 0 spiro atoms. The molecule has 7 heteroatoms. The lowest BCUT2D eigenvalue weighted by Crippen LogP contribution is -2.37. The Morgan fingerprint density at radius 2 is 2.13 bits per heavy atom. The number of anilines is 2. The fourth-order valence-corrected chi connectivity index (χ4v) is 4.24. The van der Waals surface area contributed by atoms with Crippen molar-refractivity contribution in [2.24, 2.45) is 0 Å². The lowest BCUT2D eigenvalue weighted by atomic mass is 10.2. The normalized spacial score (nSPS) is 25.8. The zero-order valence-electron chi connectivity index (χ0n) is 14.3. The molecule has 2 atom stereocenters. The first-order chi connectivity index (χ1) is 11.2. The van der Waals surface area contributed by atoms with Crippen LogP contribution in [0.3, 0.4) is 0 Å². The molecule has 0 N–H and O–H groups in total. The van der Waals surface area contributed by atoms with Gasteiger partial charge < -0.3 is 14.5 Å². The molecule has 0 saturated carbocycles. The number of hydrogen-bond donors (Lipinski definition) is 0. The molecule has 3 heterocycles. The second-order valence-electron chi connectivity index (χ2n) is 6.40. The van der Waals surface area contributed by atoms with Crippen LogP contribution >= 0.6 is 11.8 Å². The van der Waals surface area contributed by atoms with Crippen LogP contribution in [0, 0.1) is 0 Å². The summed E-state index contributed by atoms with van der Waals surface area (Å²) in [5.74, 6) is 4.42. The number of methoxy groups -OCH3 is 1. The number of thioether (sulfide) groups is 1. The SMILES string of the molecule is CO[C@H]1C[C@@H](CN(C)c2cc(N3CCSCC3)ncn2)N(C)C1. The fraction of sp³-hybridized carbons (Fsp3) is 0.750. The van der Waals surface area contributed by atoms with Gasteiger partial charge in [-0.25, -0.2) is 9.97 Å². The Morgan fingerprint density at radius 3 is 2.83 bits per heavy atom. The fourth-order valence-electron chi connectivity index (χ4n) is 3.33. The predicted octanol–water partition coefficient (Wildman–Crippen LogP) is 1.19. The molecule has 0 amide bonds. The van der Waals surface area contributed by atoms with Gasteiger partial charge in [0.1, 0.15) is 18.0 Å². The van der Waals surface area contributed by atoms with Crippen LogP contribution in [0.5, 0.6) is 0 Å². The number of likely N-dealkylation sites (tertiary alicyclic amines) is 1. The quantitative estimate of drug-likeness (QED) is 0.799. The molecule has 2 aliphatic heterocycles. The molecule has 128 valence electrons. The summed E-state index contributed by atoms with van der Waals surface area (Å²) in [6.07, 6.45) is 3.13. The predicted molar refractivity (Wildman–Crippen MR) is 96.7 cm³/mol. The van der Waals surface area contributed by atoms with Gasteiger partial charge in [0.05, 0.1) is 6.10 Å². The van der Waals surface area contributed by atoms with Crippen LogP contribution in [-0.2, 0) is 4.74 Å². The standard InChI is InChI=1S/C16H27N5OS/c1-19-11-14(22-3)8-13(19)10-20(2)15-9-16(18-12-17-15)21-4-6-23-7-5-21/h9,12-14H,4-8,10-11H2,1-3H3/t13-,14-/m0/s1. The highest BCUT2D eigenvalue weighted by molar-refractivity contribution is 7.99. The van der Waals surface area contributed by atoms with Gasteiger partial charge in [-0.2, -0.15) is 11.8 Å². The molecule has 2 fully saturated rings. The van der Waals surface area contributed by atoms with Gasteiger partial charge in [-0.3, -0.25) is 4.90 Å². The van der Waals surface area contributed by atoms with Crippen LogP contribution in [-0.4, -0.2) is 85.9 Å². The number of likely N-dealkylation sites (N-methyl/N-ethyl adjacent to an activating group) is 2. The highest BCUT2D eigenvalue weighted by Gasteiger charge is 2.30. The Kier molecular flexibility index (Phi) is 5.61. The number of aromatic nitrogens is 2. The van der Waals surface area contributed by atoms with Gasteiger partial charge in [0.2, 0.25) is 0 Å². The van der Waals surface area contributed by atoms with E-state index in [1.54, 1.807) is 13.4 Å². The van der Waals surface area contributed by atoms with Crippen molar-refractivity contribution >= 4 is 23.4 Å². The van der Waals surface area contributed by atoms with Crippen molar-refractivity contribution in [2.45, 2.75) is 18.6 Å². The van der Waals surface area contributed by atoms with Crippen molar-refractivity contribution in [2.75, 3.05) is 68.7 Å². The summed E-state index contributed by atoms with van der Waals surface area (Å²) >= 11 is 2.01. The molecular formula is C16H27N5OS. The van der Waals surface area contributed by atoms with E-state index in [4.69, 9.17) is 4.74 Å². The smallest absolute Gasteiger partial charge is 0.134 e. The largest absolute Gasteiger partial charge is 0.380 e. The third-order valence-electron chi connectivity index (χ3n) is 4.83. The Balaban J connectivity index is 1.64. The van der Waals surface area contributed by atoms with Crippen LogP contribution < -0.4 is 9.80 Å². The lowest BCUT2D eigenvalue weighted by Gasteiger charge is -2.29. The van der Waals surface area contributed by atoms with Gasteiger partial charge in [-0.1, -0.05) is 0 Å². The highest BCUT2D eigenvalue weighted by atomic mass is 32.2. The summed E-state index contributed by atoms with van der Waals surface area (Å²) in [7, 11) is 6.10. The minimum Gasteiger partial charge on any atom is -0.380 e. The molecule has 0 bridgehead atoms. The van der Waals surface area contributed by atoms with E-state index >= 15 is 0 Å². The Morgan fingerprint density at radius 1 is 1.35 bits per heavy atom. The molecule has 0 radical (unpaired) electrons. The molecule has 0 aromatic carbocycles. The van der Waals surface area contributed by atoms with E-state index in [2.05, 4.69) is 44.8 Å². The van der Waals surface area contributed by atoms with Crippen molar-refractivity contribution in [3.05, 3.63) is 12.4 Å². The van der Waals surface area contributed by atoms with Gasteiger partial charge in [-0.05, 0) is 13.5 Å². The topological polar surface area (TPSA) is 44.7 Å². The second kappa shape index (κ2) is 7.68. The second-order valence-corrected chi connectivity index (χ2v) is 7.63. The first kappa shape index (κ1) is 16.8. The van der Waals surface area contributed by atoms with Crippen molar-refractivity contribution in [3.8, 4) is 0 Å². The van der Waals surface area contributed by atoms with E-state index in [0.29, 0.717) is 12.1 Å². The van der Waals surface area contributed by atoms with E-state index in [1.807, 2.05) is 11.8 Å². The maximum Gasteiger partial charge on any atom is 0.134 e. The number of rotatable bonds is 5. The third kappa shape index (κ3) is 4.08. The van der Waals surface area contributed by atoms with E-state index < -0.39 is 0 Å². The minimum absolute atomic E-state index is 0.352. The van der Waals surface area contributed by atoms with Gasteiger partial charge in [0, 0.05) is 64.0 Å². The zero-order valence-corrected chi connectivity index (χ0v) is 15.1. The van der Waals surface area contributed by atoms with Gasteiger partial charge in [0.25, 0.3) is 0 Å². The van der Waals surface area contributed by atoms with Crippen molar-refractivity contribution in [1.29, 1.82) is 0 Å². The lowest BCUT2D eigenvalue weighted by molar-refractivity contribution is 0.111. The van der Waals surface area contributed by atoms with Gasteiger partial charge in [0.15, 0.2) is 0 Å². The molecule has 23 heavy (non-hydrogen) atoms. The summed E-state index contributed by atoms with van der Waals surface area (Å²) in [6.45, 7) is 4.12. The van der Waals surface area contributed by atoms with E-state index in [-0.39, 0.29) is 0 Å². The summed E-state index contributed by atoms with van der Waals surface area (Å²) < 4.78 is 5.50. The molecule has 2 saturated heterocycles. The Hall–Kier alpha value is -1.05. The molecular weight excluding hydrogens is 310 g/mol. The Bertz CT molecular complexity index is 511. The van der Waals surface area contributed by atoms with Crippen LogP contribution in [0.2, 0.25) is 0 Å². The number of nitrogens with zero attached hydrogens (tertiary/aromatic N) is 5. The summed E-state index contributed by atoms with van der Waals surface area (Å²) in [5, 5.41) is 0. The molecule has 0 aliphatic carbocycles. The average Bonchev–Trinajstić information content (AvgIpc) is 2.96. The minimum atomic E-state index is 0.352. The maximum atomic E-state index is 5.50. The molecule has 1 aromatic rings. The Labute approximate surface area is 143 Å². The number of ether oxygens (including phenoxy) is 1. The van der Waals surface area contributed by atoms with E-state index in [0.717, 1.165) is 44.2 Å². The summed E-state index contributed by atoms with van der Waals surface area (Å²) in [5.41, 5.74) is 0. The molecule has 3 rings (SSSR count). The van der Waals surface area contributed by atoms with Crippen molar-refractivity contribution in [3.63, 3.8) is 0 Å². The maximum absolute atomic E-state index is 5.50. The molecule has 2 aliphatic rings. The summed E-state index contributed by atoms with van der Waals surface area (Å²) in [6, 6.07) is 2.63. The monoisotopic (exact) mass is 337 g/mol. The van der Waals surface area contributed by atoms with Crippen molar-refractivity contribution < 1.29 is 4.74 Å². The molecule has 6 nitrogen and oxygen atoms in total. The molecule has 0 unspecified atom stereocenters. The van der Waals surface area contributed by atoms with Gasteiger partial charge >= 0.3 is 0 Å². The van der Waals surface area contributed by atoms with Crippen molar-refractivity contribution in [1.82, 2.24) is 14.9 Å². The van der Waals surface area contributed by atoms with Crippen LogP contribution in [0.1, 0.15) is 6.42 Å². The first-order valence-corrected chi connectivity index (χ1v) is 9.41. The van der Waals surface area contributed by atoms with Crippen LogP contribution in [0.4, 0.5) is 11.6 Å². The van der Waals surface area contributed by atoms with Gasteiger partial charge in [-0.15, -0.1) is 0 Å². The first-order valence-electron chi connectivity index (χ1n) is 8.26. The van der Waals surface area contributed by atoms with E-state index in [9.17, 15) is 0 Å². The highest BCUT2D eigenvalue weighted by Crippen LogP contribution is 2.23. The number of hydrogen-bond acceptors (Lipinski definition) is 7. The summed E-state index contributed by atoms with van der Waals surface area (Å²) in [4.78, 5) is 15.9.